The smallest absolute Gasteiger partial charge is 0.123 e. The monoisotopic (exact) mass is 240 g/mol. The molecule has 2 rings (SSSR count). The Morgan fingerprint density at radius 2 is 2.50 bits per heavy atom. The Bertz CT molecular complexity index is 340. The van der Waals surface area contributed by atoms with Gasteiger partial charge in [-0.05, 0) is 32.2 Å². The fourth-order valence-electron chi connectivity index (χ4n) is 2.32. The summed E-state index contributed by atoms with van der Waals surface area (Å²) < 4.78 is 0. The molecule has 3 nitrogen and oxygen atoms in total. The highest BCUT2D eigenvalue weighted by molar-refractivity contribution is 7.09. The maximum atomic E-state index is 10.3. The van der Waals surface area contributed by atoms with Crippen molar-refractivity contribution in [2.75, 3.05) is 6.54 Å². The normalized spacial score (nSPS) is 27.9. The molecule has 1 aliphatic heterocycles. The minimum atomic E-state index is -0.437. The zero-order valence-corrected chi connectivity index (χ0v) is 10.8. The molecule has 1 aromatic heterocycles. The first-order valence-corrected chi connectivity index (χ1v) is 6.92. The number of rotatable bonds is 3. The van der Waals surface area contributed by atoms with Gasteiger partial charge in [0.05, 0.1) is 0 Å². The summed E-state index contributed by atoms with van der Waals surface area (Å²) in [4.78, 5) is 4.37. The number of aliphatic hydroxyl groups excluding tert-OH is 1. The highest BCUT2D eigenvalue weighted by Crippen LogP contribution is 2.28. The molecule has 1 aliphatic rings. The van der Waals surface area contributed by atoms with Crippen LogP contribution in [-0.2, 0) is 0 Å². The summed E-state index contributed by atoms with van der Waals surface area (Å²) in [5.41, 5.74) is 1.00. The van der Waals surface area contributed by atoms with Gasteiger partial charge in [-0.1, -0.05) is 13.3 Å². The first-order chi connectivity index (χ1) is 7.70. The van der Waals surface area contributed by atoms with E-state index in [2.05, 4.69) is 17.2 Å². The molecule has 0 aromatic carbocycles. The Kier molecular flexibility index (Phi) is 3.95. The minimum absolute atomic E-state index is 0.184. The fourth-order valence-corrected chi connectivity index (χ4v) is 3.17. The number of aliphatic hydroxyl groups is 1. The molecule has 90 valence electrons. The molecule has 2 N–H and O–H groups in total. The van der Waals surface area contributed by atoms with Gasteiger partial charge in [-0.25, -0.2) is 4.98 Å². The van der Waals surface area contributed by atoms with Crippen LogP contribution in [0.15, 0.2) is 5.38 Å². The fraction of sp³-hybridized carbons (Fsp3) is 0.750. The van der Waals surface area contributed by atoms with Gasteiger partial charge < -0.3 is 10.4 Å². The summed E-state index contributed by atoms with van der Waals surface area (Å²) in [5, 5.41) is 16.5. The molecule has 0 aliphatic carbocycles. The van der Waals surface area contributed by atoms with E-state index in [1.165, 1.54) is 12.8 Å². The van der Waals surface area contributed by atoms with E-state index in [9.17, 15) is 5.11 Å². The molecule has 1 aromatic rings. The summed E-state index contributed by atoms with van der Waals surface area (Å²) in [6.07, 6.45) is 3.07. The van der Waals surface area contributed by atoms with Gasteiger partial charge in [-0.15, -0.1) is 11.3 Å². The van der Waals surface area contributed by atoms with Crippen molar-refractivity contribution in [1.29, 1.82) is 0 Å². The number of thiazole rings is 1. The average molecular weight is 240 g/mol. The number of aryl methyl sites for hydroxylation is 1. The summed E-state index contributed by atoms with van der Waals surface area (Å²) in [7, 11) is 0. The summed E-state index contributed by atoms with van der Waals surface area (Å²) in [6.45, 7) is 5.22. The average Bonchev–Trinajstić information content (AvgIpc) is 2.75. The van der Waals surface area contributed by atoms with Crippen molar-refractivity contribution >= 4 is 11.3 Å². The molecule has 0 radical (unpaired) electrons. The molecule has 16 heavy (non-hydrogen) atoms. The maximum Gasteiger partial charge on any atom is 0.123 e. The van der Waals surface area contributed by atoms with Crippen LogP contribution in [0, 0.1) is 12.8 Å². The highest BCUT2D eigenvalue weighted by Gasteiger charge is 2.28. The van der Waals surface area contributed by atoms with Crippen LogP contribution in [0.4, 0.5) is 0 Å². The van der Waals surface area contributed by atoms with Crippen molar-refractivity contribution in [2.45, 2.75) is 45.3 Å². The van der Waals surface area contributed by atoms with Gasteiger partial charge in [0.15, 0.2) is 0 Å². The number of hydrogen-bond donors (Lipinski definition) is 2. The number of aromatic nitrogens is 1. The van der Waals surface area contributed by atoms with Gasteiger partial charge in [-0.3, -0.25) is 0 Å². The third kappa shape index (κ3) is 2.62. The van der Waals surface area contributed by atoms with Crippen molar-refractivity contribution in [3.8, 4) is 0 Å². The van der Waals surface area contributed by atoms with Crippen molar-refractivity contribution in [1.82, 2.24) is 10.3 Å². The number of piperidine rings is 1. The highest BCUT2D eigenvalue weighted by atomic mass is 32.1. The Labute approximate surface area is 101 Å². The van der Waals surface area contributed by atoms with Crippen LogP contribution in [0.1, 0.15) is 43.0 Å². The van der Waals surface area contributed by atoms with Crippen LogP contribution in [0.3, 0.4) is 0 Å². The summed E-state index contributed by atoms with van der Waals surface area (Å²) in [5.74, 6) is 0.752. The van der Waals surface area contributed by atoms with Crippen molar-refractivity contribution in [3.05, 3.63) is 16.1 Å². The van der Waals surface area contributed by atoms with Crippen LogP contribution in [0.2, 0.25) is 0 Å². The van der Waals surface area contributed by atoms with Crippen LogP contribution < -0.4 is 5.32 Å². The molecule has 0 bridgehead atoms. The maximum absolute atomic E-state index is 10.3. The zero-order chi connectivity index (χ0) is 11.5. The van der Waals surface area contributed by atoms with Crippen LogP contribution in [0.25, 0.3) is 0 Å². The number of nitrogens with one attached hydrogen (secondary N) is 1. The van der Waals surface area contributed by atoms with Gasteiger partial charge in [0.2, 0.25) is 0 Å². The third-order valence-corrected chi connectivity index (χ3v) is 4.43. The van der Waals surface area contributed by atoms with E-state index >= 15 is 0 Å². The van der Waals surface area contributed by atoms with Crippen molar-refractivity contribution < 1.29 is 5.11 Å². The molecule has 0 saturated carbocycles. The van der Waals surface area contributed by atoms with Gasteiger partial charge in [0.1, 0.15) is 11.1 Å². The van der Waals surface area contributed by atoms with E-state index in [0.717, 1.165) is 29.6 Å². The largest absolute Gasteiger partial charge is 0.384 e. The van der Waals surface area contributed by atoms with E-state index < -0.39 is 6.10 Å². The van der Waals surface area contributed by atoms with Gasteiger partial charge >= 0.3 is 0 Å². The second kappa shape index (κ2) is 5.25. The quantitative estimate of drug-likeness (QED) is 0.852. The Morgan fingerprint density at radius 3 is 3.12 bits per heavy atom. The SMILES string of the molecule is CCC1CCNC(C(O)c2nc(C)cs2)C1. The minimum Gasteiger partial charge on any atom is -0.384 e. The molecule has 4 heteroatoms. The molecule has 0 spiro atoms. The van der Waals surface area contributed by atoms with Crippen LogP contribution in [0.5, 0.6) is 0 Å². The molecule has 0 amide bonds. The molecule has 1 saturated heterocycles. The third-order valence-electron chi connectivity index (χ3n) is 3.39. The molecule has 1 fully saturated rings. The second-order valence-electron chi connectivity index (χ2n) is 4.63. The Hall–Kier alpha value is -0.450. The van der Waals surface area contributed by atoms with Crippen LogP contribution in [-0.4, -0.2) is 22.7 Å². The zero-order valence-electron chi connectivity index (χ0n) is 9.94. The molecular weight excluding hydrogens is 220 g/mol. The first-order valence-electron chi connectivity index (χ1n) is 6.04. The van der Waals surface area contributed by atoms with E-state index in [-0.39, 0.29) is 6.04 Å². The predicted molar refractivity (Wildman–Crippen MR) is 66.6 cm³/mol. The lowest BCUT2D eigenvalue weighted by atomic mass is 9.88. The van der Waals surface area contributed by atoms with Crippen molar-refractivity contribution in [3.63, 3.8) is 0 Å². The molecule has 2 heterocycles. The topological polar surface area (TPSA) is 45.1 Å². The van der Waals surface area contributed by atoms with E-state index in [1.807, 2.05) is 12.3 Å². The lowest BCUT2D eigenvalue weighted by Gasteiger charge is -2.32. The van der Waals surface area contributed by atoms with Crippen LogP contribution >= 0.6 is 11.3 Å². The standard InChI is InChI=1S/C12H20N2OS/c1-3-9-4-5-13-10(6-9)11(15)12-14-8(2)7-16-12/h7,9-11,13,15H,3-6H2,1-2H3. The second-order valence-corrected chi connectivity index (χ2v) is 5.52. The first kappa shape index (κ1) is 12.0. The lowest BCUT2D eigenvalue weighted by molar-refractivity contribution is 0.0975. The number of nitrogens with zero attached hydrogens (tertiary/aromatic N) is 1. The van der Waals surface area contributed by atoms with Gasteiger partial charge in [0.25, 0.3) is 0 Å². The van der Waals surface area contributed by atoms with Gasteiger partial charge in [0, 0.05) is 17.1 Å². The summed E-state index contributed by atoms with van der Waals surface area (Å²) >= 11 is 1.56. The summed E-state index contributed by atoms with van der Waals surface area (Å²) in [6, 6.07) is 0.184. The predicted octanol–water partition coefficient (Wildman–Crippen LogP) is 2.26. The van der Waals surface area contributed by atoms with E-state index in [1.54, 1.807) is 11.3 Å². The molecular formula is C12H20N2OS. The Morgan fingerprint density at radius 1 is 1.69 bits per heavy atom. The lowest BCUT2D eigenvalue weighted by Crippen LogP contribution is -2.42. The Balaban J connectivity index is 2.01. The van der Waals surface area contributed by atoms with E-state index in [0.29, 0.717) is 0 Å². The van der Waals surface area contributed by atoms with Crippen molar-refractivity contribution in [2.24, 2.45) is 5.92 Å². The van der Waals surface area contributed by atoms with Gasteiger partial charge in [-0.2, -0.15) is 0 Å². The molecule has 3 atom stereocenters. The number of hydrogen-bond acceptors (Lipinski definition) is 4. The molecule has 3 unspecified atom stereocenters. The van der Waals surface area contributed by atoms with E-state index in [4.69, 9.17) is 0 Å².